The molecular weight excluding hydrogens is 230 g/mol. The molecule has 0 radical (unpaired) electrons. The Morgan fingerprint density at radius 1 is 1.54 bits per heavy atom. The molecular formula is C9H12BrN3. The first kappa shape index (κ1) is 9.12. The second-order valence-corrected chi connectivity index (χ2v) is 4.12. The second-order valence-electron chi connectivity index (χ2n) is 3.31. The van der Waals surface area contributed by atoms with Crippen LogP contribution < -0.4 is 5.84 Å². The highest BCUT2D eigenvalue weighted by molar-refractivity contribution is 9.10. The fraction of sp³-hybridized carbons (Fsp3) is 0.444. The molecule has 2 rings (SSSR count). The van der Waals surface area contributed by atoms with Crippen molar-refractivity contribution < 1.29 is 0 Å². The van der Waals surface area contributed by atoms with Gasteiger partial charge < -0.3 is 0 Å². The van der Waals surface area contributed by atoms with Crippen molar-refractivity contribution in [2.45, 2.75) is 18.9 Å². The van der Waals surface area contributed by atoms with Crippen LogP contribution in [0.3, 0.4) is 0 Å². The molecule has 1 atom stereocenters. The molecule has 4 heteroatoms. The van der Waals surface area contributed by atoms with E-state index in [0.29, 0.717) is 6.04 Å². The van der Waals surface area contributed by atoms with Crippen LogP contribution in [0, 0.1) is 0 Å². The third kappa shape index (κ3) is 1.90. The van der Waals surface area contributed by atoms with E-state index in [2.05, 4.69) is 27.0 Å². The van der Waals surface area contributed by atoms with Crippen LogP contribution in [0.2, 0.25) is 0 Å². The van der Waals surface area contributed by atoms with E-state index in [4.69, 9.17) is 5.84 Å². The van der Waals surface area contributed by atoms with Gasteiger partial charge in [0.1, 0.15) is 4.60 Å². The summed E-state index contributed by atoms with van der Waals surface area (Å²) < 4.78 is 0.873. The molecule has 0 bridgehead atoms. The lowest BCUT2D eigenvalue weighted by molar-refractivity contribution is 0.265. The molecule has 1 aromatic heterocycles. The Labute approximate surface area is 86.0 Å². The van der Waals surface area contributed by atoms with Crippen LogP contribution in [0.5, 0.6) is 0 Å². The van der Waals surface area contributed by atoms with Gasteiger partial charge in [0.15, 0.2) is 0 Å². The lowest BCUT2D eigenvalue weighted by Crippen LogP contribution is -2.30. The van der Waals surface area contributed by atoms with Crippen molar-refractivity contribution in [3.8, 4) is 0 Å². The molecule has 0 saturated carbocycles. The molecule has 13 heavy (non-hydrogen) atoms. The summed E-state index contributed by atoms with van der Waals surface area (Å²) in [5.74, 6) is 5.84. The van der Waals surface area contributed by atoms with Crippen molar-refractivity contribution in [2.75, 3.05) is 6.54 Å². The lowest BCUT2D eigenvalue weighted by atomic mass is 10.1. The quantitative estimate of drug-likeness (QED) is 0.603. The molecule has 3 nitrogen and oxygen atoms in total. The first-order valence-electron chi connectivity index (χ1n) is 4.40. The molecule has 0 aromatic carbocycles. The zero-order chi connectivity index (χ0) is 9.26. The summed E-state index contributed by atoms with van der Waals surface area (Å²) in [4.78, 5) is 4.19. The molecule has 2 N–H and O–H groups in total. The highest BCUT2D eigenvalue weighted by Crippen LogP contribution is 2.28. The molecule has 0 aliphatic carbocycles. The van der Waals surface area contributed by atoms with Gasteiger partial charge in [-0.1, -0.05) is 6.07 Å². The maximum absolute atomic E-state index is 5.84. The van der Waals surface area contributed by atoms with E-state index in [0.717, 1.165) is 17.6 Å². The van der Waals surface area contributed by atoms with Crippen LogP contribution in [-0.2, 0) is 0 Å². The monoisotopic (exact) mass is 241 g/mol. The number of nitrogens with zero attached hydrogens (tertiary/aromatic N) is 2. The first-order valence-corrected chi connectivity index (χ1v) is 5.19. The van der Waals surface area contributed by atoms with E-state index in [1.54, 1.807) is 0 Å². The Hall–Kier alpha value is -0.450. The zero-order valence-corrected chi connectivity index (χ0v) is 8.87. The molecule has 0 unspecified atom stereocenters. The van der Waals surface area contributed by atoms with Gasteiger partial charge in [-0.15, -0.1) is 0 Å². The minimum absolute atomic E-state index is 0.362. The minimum Gasteiger partial charge on any atom is -0.268 e. The van der Waals surface area contributed by atoms with Crippen LogP contribution in [-0.4, -0.2) is 16.5 Å². The fourth-order valence-corrected chi connectivity index (χ4v) is 1.97. The topological polar surface area (TPSA) is 42.1 Å². The maximum atomic E-state index is 5.84. The Morgan fingerprint density at radius 2 is 2.38 bits per heavy atom. The normalized spacial score (nSPS) is 23.7. The largest absolute Gasteiger partial charge is 0.268 e. The average molecular weight is 242 g/mol. The number of hydrazine groups is 1. The summed E-state index contributed by atoms with van der Waals surface area (Å²) in [5.41, 5.74) is 1.21. The van der Waals surface area contributed by atoms with Crippen molar-refractivity contribution in [3.05, 3.63) is 28.5 Å². The molecule has 0 amide bonds. The third-order valence-electron chi connectivity index (χ3n) is 2.43. The van der Waals surface area contributed by atoms with Crippen molar-refractivity contribution in [2.24, 2.45) is 5.84 Å². The number of halogens is 1. The first-order chi connectivity index (χ1) is 6.27. The Bertz CT molecular complexity index is 285. The van der Waals surface area contributed by atoms with Crippen molar-refractivity contribution >= 4 is 15.9 Å². The predicted molar refractivity (Wildman–Crippen MR) is 54.8 cm³/mol. The van der Waals surface area contributed by atoms with E-state index < -0.39 is 0 Å². The van der Waals surface area contributed by atoms with E-state index >= 15 is 0 Å². The number of rotatable bonds is 1. The maximum Gasteiger partial charge on any atom is 0.106 e. The van der Waals surface area contributed by atoms with Crippen molar-refractivity contribution in [3.63, 3.8) is 0 Å². The fourth-order valence-electron chi connectivity index (χ4n) is 1.73. The van der Waals surface area contributed by atoms with Gasteiger partial charge in [-0.05, 0) is 40.4 Å². The minimum atomic E-state index is 0.362. The second kappa shape index (κ2) is 3.74. The van der Waals surface area contributed by atoms with Crippen LogP contribution in [0.1, 0.15) is 24.4 Å². The summed E-state index contributed by atoms with van der Waals surface area (Å²) >= 11 is 3.31. The summed E-state index contributed by atoms with van der Waals surface area (Å²) in [6.45, 7) is 0.987. The summed E-state index contributed by atoms with van der Waals surface area (Å²) in [7, 11) is 0. The van der Waals surface area contributed by atoms with Crippen molar-refractivity contribution in [1.29, 1.82) is 0 Å². The standard InChI is InChI=1S/C9H12BrN3/c10-9-4-3-7(6-12-9)8-2-1-5-13(8)11/h3-4,6,8H,1-2,5,11H2/t8-/m0/s1. The number of pyridine rings is 1. The summed E-state index contributed by atoms with van der Waals surface area (Å²) in [6, 6.07) is 4.40. The average Bonchev–Trinajstić information content (AvgIpc) is 2.53. The van der Waals surface area contributed by atoms with Crippen LogP contribution in [0.4, 0.5) is 0 Å². The molecule has 1 aromatic rings. The molecule has 1 fully saturated rings. The zero-order valence-electron chi connectivity index (χ0n) is 7.28. The van der Waals surface area contributed by atoms with Gasteiger partial charge in [-0.2, -0.15) is 0 Å². The Kier molecular flexibility index (Phi) is 2.62. The van der Waals surface area contributed by atoms with E-state index in [9.17, 15) is 0 Å². The van der Waals surface area contributed by atoms with Crippen LogP contribution in [0.25, 0.3) is 0 Å². The van der Waals surface area contributed by atoms with Gasteiger partial charge in [0, 0.05) is 12.7 Å². The van der Waals surface area contributed by atoms with Gasteiger partial charge in [0.25, 0.3) is 0 Å². The number of nitrogens with two attached hydrogens (primary N) is 1. The Morgan fingerprint density at radius 3 is 2.92 bits per heavy atom. The molecule has 2 heterocycles. The van der Waals surface area contributed by atoms with Crippen molar-refractivity contribution in [1.82, 2.24) is 9.99 Å². The summed E-state index contributed by atoms with van der Waals surface area (Å²) in [5, 5.41) is 1.89. The van der Waals surface area contributed by atoms with Crippen LogP contribution in [0.15, 0.2) is 22.9 Å². The van der Waals surface area contributed by atoms with Gasteiger partial charge in [0.2, 0.25) is 0 Å². The van der Waals surface area contributed by atoms with Gasteiger partial charge in [-0.25, -0.2) is 9.99 Å². The molecule has 1 aliphatic rings. The highest BCUT2D eigenvalue weighted by Gasteiger charge is 2.23. The third-order valence-corrected chi connectivity index (χ3v) is 2.90. The van der Waals surface area contributed by atoms with Crippen LogP contribution >= 0.6 is 15.9 Å². The molecule has 70 valence electrons. The molecule has 0 spiro atoms. The summed E-state index contributed by atoms with van der Waals surface area (Å²) in [6.07, 6.45) is 4.21. The number of aromatic nitrogens is 1. The predicted octanol–water partition coefficient (Wildman–Crippen LogP) is 1.85. The van der Waals surface area contributed by atoms with Gasteiger partial charge in [0.05, 0.1) is 6.04 Å². The van der Waals surface area contributed by atoms with E-state index in [1.807, 2.05) is 17.3 Å². The van der Waals surface area contributed by atoms with Gasteiger partial charge >= 0.3 is 0 Å². The highest BCUT2D eigenvalue weighted by atomic mass is 79.9. The number of hydrogen-bond donors (Lipinski definition) is 1. The number of hydrogen-bond acceptors (Lipinski definition) is 3. The van der Waals surface area contributed by atoms with Gasteiger partial charge in [-0.3, -0.25) is 5.84 Å². The molecule has 1 aliphatic heterocycles. The molecule has 1 saturated heterocycles. The van der Waals surface area contributed by atoms with E-state index in [1.165, 1.54) is 12.0 Å². The lowest BCUT2D eigenvalue weighted by Gasteiger charge is -2.18. The van der Waals surface area contributed by atoms with E-state index in [-0.39, 0.29) is 0 Å². The Balaban J connectivity index is 2.20. The smallest absolute Gasteiger partial charge is 0.106 e. The SMILES string of the molecule is NN1CCC[C@H]1c1ccc(Br)nc1.